The third kappa shape index (κ3) is 3.94. The quantitative estimate of drug-likeness (QED) is 0.642. The standard InChI is InChI=1S/C8H15N3O/c1-4-7(5-9)10-6-8(12)11(2)3/h7,10H,4,6H2,1-3H3. The second kappa shape index (κ2) is 5.56. The molecule has 12 heavy (non-hydrogen) atoms. The van der Waals surface area contributed by atoms with Gasteiger partial charge in [0.2, 0.25) is 5.91 Å². The molecule has 68 valence electrons. The molecule has 0 aliphatic heterocycles. The third-order valence-corrected chi connectivity index (χ3v) is 1.56. The molecule has 1 unspecified atom stereocenters. The lowest BCUT2D eigenvalue weighted by Crippen LogP contribution is -2.37. The number of nitrogens with one attached hydrogen (secondary N) is 1. The second-order valence-electron chi connectivity index (χ2n) is 2.76. The highest BCUT2D eigenvalue weighted by molar-refractivity contribution is 5.77. The average Bonchev–Trinajstić information content (AvgIpc) is 2.05. The smallest absolute Gasteiger partial charge is 0.236 e. The van der Waals surface area contributed by atoms with Crippen molar-refractivity contribution < 1.29 is 4.79 Å². The number of carbonyl (C=O) groups is 1. The van der Waals surface area contributed by atoms with Gasteiger partial charge in [-0.2, -0.15) is 5.26 Å². The molecule has 0 aliphatic carbocycles. The van der Waals surface area contributed by atoms with Crippen molar-refractivity contribution >= 4 is 5.91 Å². The molecular formula is C8H15N3O. The van der Waals surface area contributed by atoms with E-state index >= 15 is 0 Å². The zero-order chi connectivity index (χ0) is 9.56. The van der Waals surface area contributed by atoms with E-state index in [1.807, 2.05) is 6.92 Å². The van der Waals surface area contributed by atoms with E-state index < -0.39 is 0 Å². The van der Waals surface area contributed by atoms with Gasteiger partial charge in [-0.3, -0.25) is 10.1 Å². The molecule has 1 atom stereocenters. The summed E-state index contributed by atoms with van der Waals surface area (Å²) in [6.45, 7) is 2.14. The molecule has 0 rings (SSSR count). The summed E-state index contributed by atoms with van der Waals surface area (Å²) in [6.07, 6.45) is 0.719. The van der Waals surface area contributed by atoms with Gasteiger partial charge in [0.25, 0.3) is 0 Å². The summed E-state index contributed by atoms with van der Waals surface area (Å²) in [5.74, 6) is -0.0105. The van der Waals surface area contributed by atoms with E-state index in [2.05, 4.69) is 11.4 Å². The van der Waals surface area contributed by atoms with Crippen molar-refractivity contribution in [1.82, 2.24) is 10.2 Å². The van der Waals surface area contributed by atoms with Crippen molar-refractivity contribution in [2.24, 2.45) is 0 Å². The van der Waals surface area contributed by atoms with Gasteiger partial charge in [-0.05, 0) is 6.42 Å². The summed E-state index contributed by atoms with van der Waals surface area (Å²) >= 11 is 0. The van der Waals surface area contributed by atoms with E-state index in [4.69, 9.17) is 5.26 Å². The van der Waals surface area contributed by atoms with E-state index in [1.54, 1.807) is 14.1 Å². The molecule has 0 saturated heterocycles. The zero-order valence-electron chi connectivity index (χ0n) is 7.79. The molecule has 0 aromatic heterocycles. The van der Waals surface area contributed by atoms with Crippen LogP contribution in [0.5, 0.6) is 0 Å². The lowest BCUT2D eigenvalue weighted by molar-refractivity contribution is -0.127. The van der Waals surface area contributed by atoms with Crippen molar-refractivity contribution in [2.75, 3.05) is 20.6 Å². The van der Waals surface area contributed by atoms with Crippen LogP contribution in [0.25, 0.3) is 0 Å². The Balaban J connectivity index is 3.68. The maximum Gasteiger partial charge on any atom is 0.236 e. The van der Waals surface area contributed by atoms with E-state index in [9.17, 15) is 4.79 Å². The number of rotatable bonds is 4. The Kier molecular flexibility index (Phi) is 5.06. The highest BCUT2D eigenvalue weighted by Crippen LogP contribution is 1.87. The van der Waals surface area contributed by atoms with Crippen LogP contribution in [0.3, 0.4) is 0 Å². The second-order valence-corrected chi connectivity index (χ2v) is 2.76. The van der Waals surface area contributed by atoms with Crippen LogP contribution in [0.1, 0.15) is 13.3 Å². The van der Waals surface area contributed by atoms with Crippen LogP contribution in [0.2, 0.25) is 0 Å². The van der Waals surface area contributed by atoms with Crippen molar-refractivity contribution in [1.29, 1.82) is 5.26 Å². The first-order valence-electron chi connectivity index (χ1n) is 3.95. The van der Waals surface area contributed by atoms with Crippen molar-refractivity contribution in [3.63, 3.8) is 0 Å². The topological polar surface area (TPSA) is 56.1 Å². The van der Waals surface area contributed by atoms with E-state index in [-0.39, 0.29) is 18.5 Å². The summed E-state index contributed by atoms with van der Waals surface area (Å²) in [7, 11) is 3.38. The molecule has 0 aliphatic rings. The number of likely N-dealkylation sites (N-methyl/N-ethyl adjacent to an activating group) is 1. The molecule has 0 aromatic carbocycles. The van der Waals surface area contributed by atoms with Crippen LogP contribution >= 0.6 is 0 Å². The first kappa shape index (κ1) is 10.9. The molecule has 1 amide bonds. The highest BCUT2D eigenvalue weighted by atomic mass is 16.2. The zero-order valence-corrected chi connectivity index (χ0v) is 7.79. The van der Waals surface area contributed by atoms with Crippen LogP contribution in [0.4, 0.5) is 0 Å². The Labute approximate surface area is 73.2 Å². The summed E-state index contributed by atoms with van der Waals surface area (Å²) in [4.78, 5) is 12.5. The molecule has 0 radical (unpaired) electrons. The highest BCUT2D eigenvalue weighted by Gasteiger charge is 2.07. The van der Waals surface area contributed by atoms with E-state index in [0.717, 1.165) is 6.42 Å². The Bertz CT molecular complexity index is 183. The maximum atomic E-state index is 11.0. The van der Waals surface area contributed by atoms with Crippen molar-refractivity contribution in [3.05, 3.63) is 0 Å². The van der Waals surface area contributed by atoms with Gasteiger partial charge in [0.05, 0.1) is 18.7 Å². The number of hydrogen-bond acceptors (Lipinski definition) is 3. The summed E-state index contributed by atoms with van der Waals surface area (Å²) in [6, 6.07) is 1.85. The Hall–Kier alpha value is -1.08. The summed E-state index contributed by atoms with van der Waals surface area (Å²) in [5, 5.41) is 11.4. The van der Waals surface area contributed by atoms with Gasteiger partial charge in [-0.15, -0.1) is 0 Å². The lowest BCUT2D eigenvalue weighted by atomic mass is 10.2. The largest absolute Gasteiger partial charge is 0.348 e. The van der Waals surface area contributed by atoms with E-state index in [1.165, 1.54) is 4.90 Å². The lowest BCUT2D eigenvalue weighted by Gasteiger charge is -2.12. The third-order valence-electron chi connectivity index (χ3n) is 1.56. The van der Waals surface area contributed by atoms with Gasteiger partial charge in [0.15, 0.2) is 0 Å². The molecule has 0 spiro atoms. The minimum atomic E-state index is -0.214. The molecule has 4 nitrogen and oxygen atoms in total. The fourth-order valence-electron chi connectivity index (χ4n) is 0.650. The van der Waals surface area contributed by atoms with Gasteiger partial charge < -0.3 is 4.90 Å². The van der Waals surface area contributed by atoms with Crippen LogP contribution < -0.4 is 5.32 Å². The Morgan fingerprint density at radius 1 is 1.67 bits per heavy atom. The van der Waals surface area contributed by atoms with E-state index in [0.29, 0.717) is 0 Å². The van der Waals surface area contributed by atoms with Gasteiger partial charge in [0.1, 0.15) is 0 Å². The van der Waals surface area contributed by atoms with Crippen LogP contribution in [0, 0.1) is 11.3 Å². The molecule has 0 fully saturated rings. The molecule has 1 N–H and O–H groups in total. The number of amides is 1. The minimum Gasteiger partial charge on any atom is -0.348 e. The first-order chi connectivity index (χ1) is 5.61. The number of nitriles is 1. The Morgan fingerprint density at radius 2 is 2.25 bits per heavy atom. The average molecular weight is 169 g/mol. The summed E-state index contributed by atoms with van der Waals surface area (Å²) in [5.41, 5.74) is 0. The van der Waals surface area contributed by atoms with Crippen LogP contribution in [0.15, 0.2) is 0 Å². The summed E-state index contributed by atoms with van der Waals surface area (Å²) < 4.78 is 0. The monoisotopic (exact) mass is 169 g/mol. The number of nitrogens with zero attached hydrogens (tertiary/aromatic N) is 2. The predicted molar refractivity (Wildman–Crippen MR) is 46.4 cm³/mol. The molecular weight excluding hydrogens is 154 g/mol. The minimum absolute atomic E-state index is 0.0105. The fraction of sp³-hybridized carbons (Fsp3) is 0.750. The molecule has 0 aromatic rings. The van der Waals surface area contributed by atoms with Crippen molar-refractivity contribution in [3.8, 4) is 6.07 Å². The van der Waals surface area contributed by atoms with Gasteiger partial charge in [-0.1, -0.05) is 6.92 Å². The maximum absolute atomic E-state index is 11.0. The van der Waals surface area contributed by atoms with Gasteiger partial charge >= 0.3 is 0 Å². The Morgan fingerprint density at radius 3 is 2.58 bits per heavy atom. The molecule has 0 bridgehead atoms. The molecule has 0 heterocycles. The molecule has 0 saturated carbocycles. The van der Waals surface area contributed by atoms with Crippen molar-refractivity contribution in [2.45, 2.75) is 19.4 Å². The van der Waals surface area contributed by atoms with Gasteiger partial charge in [0, 0.05) is 14.1 Å². The number of hydrogen-bond donors (Lipinski definition) is 1. The van der Waals surface area contributed by atoms with Gasteiger partial charge in [-0.25, -0.2) is 0 Å². The normalized spacial score (nSPS) is 11.8. The SMILES string of the molecule is CCC(C#N)NCC(=O)N(C)C. The predicted octanol–water partition coefficient (Wildman–Crippen LogP) is -0.0336. The van der Waals surface area contributed by atoms with Crippen LogP contribution in [-0.4, -0.2) is 37.5 Å². The number of carbonyl (C=O) groups excluding carboxylic acids is 1. The fourth-order valence-corrected chi connectivity index (χ4v) is 0.650. The molecule has 4 heteroatoms. The van der Waals surface area contributed by atoms with Crippen LogP contribution in [-0.2, 0) is 4.79 Å². The first-order valence-corrected chi connectivity index (χ1v) is 3.95.